The predicted octanol–water partition coefficient (Wildman–Crippen LogP) is 3.66. The molecule has 0 saturated carbocycles. The third kappa shape index (κ3) is 2.99. The zero-order chi connectivity index (χ0) is 12.8. The lowest BCUT2D eigenvalue weighted by Crippen LogP contribution is -1.88. The summed E-state index contributed by atoms with van der Waals surface area (Å²) in [5.41, 5.74) is 2.41. The van der Waals surface area contributed by atoms with E-state index >= 15 is 0 Å². The van der Waals surface area contributed by atoms with Crippen molar-refractivity contribution in [1.82, 2.24) is 0 Å². The third-order valence-electron chi connectivity index (χ3n) is 2.51. The molecule has 0 unspecified atom stereocenters. The van der Waals surface area contributed by atoms with Crippen LogP contribution in [0.25, 0.3) is 0 Å². The van der Waals surface area contributed by atoms with E-state index in [1.54, 1.807) is 30.0 Å². The van der Waals surface area contributed by atoms with E-state index in [0.29, 0.717) is 11.1 Å². The highest BCUT2D eigenvalue weighted by molar-refractivity contribution is 7.98. The van der Waals surface area contributed by atoms with Crippen molar-refractivity contribution >= 4 is 18.0 Å². The molecule has 0 N–H and O–H groups in total. The van der Waals surface area contributed by atoms with Crippen molar-refractivity contribution in [2.24, 2.45) is 0 Å². The van der Waals surface area contributed by atoms with E-state index in [1.807, 2.05) is 30.3 Å². The first kappa shape index (κ1) is 12.4. The van der Waals surface area contributed by atoms with Crippen molar-refractivity contribution in [3.05, 3.63) is 65.2 Å². The van der Waals surface area contributed by atoms with E-state index in [9.17, 15) is 4.79 Å². The Bertz CT molecular complexity index is 587. The molecule has 0 radical (unpaired) electrons. The molecule has 0 saturated heterocycles. The van der Waals surface area contributed by atoms with Gasteiger partial charge in [-0.25, -0.2) is 0 Å². The topological polar surface area (TPSA) is 40.9 Å². The minimum Gasteiger partial charge on any atom is -0.298 e. The van der Waals surface area contributed by atoms with Crippen LogP contribution in [-0.2, 0) is 5.75 Å². The van der Waals surface area contributed by atoms with Crippen molar-refractivity contribution in [2.75, 3.05) is 0 Å². The van der Waals surface area contributed by atoms with Gasteiger partial charge in [-0.2, -0.15) is 5.26 Å². The molecule has 88 valence electrons. The van der Waals surface area contributed by atoms with Gasteiger partial charge in [0.15, 0.2) is 6.29 Å². The van der Waals surface area contributed by atoms with E-state index in [1.165, 1.54) is 5.56 Å². The maximum atomic E-state index is 10.9. The summed E-state index contributed by atoms with van der Waals surface area (Å²) in [6.45, 7) is 0. The van der Waals surface area contributed by atoms with E-state index in [-0.39, 0.29) is 0 Å². The van der Waals surface area contributed by atoms with Gasteiger partial charge in [-0.1, -0.05) is 30.3 Å². The van der Waals surface area contributed by atoms with Gasteiger partial charge in [0, 0.05) is 16.2 Å². The van der Waals surface area contributed by atoms with Crippen LogP contribution in [0, 0.1) is 11.3 Å². The van der Waals surface area contributed by atoms with Crippen LogP contribution in [0.2, 0.25) is 0 Å². The lowest BCUT2D eigenvalue weighted by Gasteiger charge is -2.05. The fourth-order valence-electron chi connectivity index (χ4n) is 1.56. The van der Waals surface area contributed by atoms with Crippen LogP contribution < -0.4 is 0 Å². The molecular formula is C15H11NOS. The fraction of sp³-hybridized carbons (Fsp3) is 0.0667. The van der Waals surface area contributed by atoms with Crippen LogP contribution in [-0.4, -0.2) is 6.29 Å². The zero-order valence-corrected chi connectivity index (χ0v) is 10.5. The normalized spacial score (nSPS) is 9.72. The minimum atomic E-state index is 0.580. The van der Waals surface area contributed by atoms with Crippen LogP contribution >= 0.6 is 11.8 Å². The summed E-state index contributed by atoms with van der Waals surface area (Å²) >= 11 is 1.57. The van der Waals surface area contributed by atoms with Gasteiger partial charge in [0.1, 0.15) is 0 Å². The number of rotatable bonds is 4. The lowest BCUT2D eigenvalue weighted by molar-refractivity contribution is 0.112. The quantitative estimate of drug-likeness (QED) is 0.616. The van der Waals surface area contributed by atoms with E-state index in [2.05, 4.69) is 6.07 Å². The Morgan fingerprint density at radius 3 is 2.61 bits per heavy atom. The third-order valence-corrected chi connectivity index (χ3v) is 3.65. The molecule has 0 aromatic heterocycles. The molecule has 2 nitrogen and oxygen atoms in total. The Hall–Kier alpha value is -2.05. The molecule has 2 aromatic rings. The van der Waals surface area contributed by atoms with Gasteiger partial charge in [0.05, 0.1) is 11.6 Å². The number of hydrogen-bond donors (Lipinski definition) is 0. The highest BCUT2D eigenvalue weighted by Gasteiger charge is 2.04. The molecule has 2 rings (SSSR count). The Labute approximate surface area is 110 Å². The summed E-state index contributed by atoms with van der Waals surface area (Å²) < 4.78 is 0. The van der Waals surface area contributed by atoms with Gasteiger partial charge < -0.3 is 0 Å². The van der Waals surface area contributed by atoms with Crippen LogP contribution in [0.3, 0.4) is 0 Å². The number of aldehydes is 1. The number of carbonyl (C=O) groups excluding carboxylic acids is 1. The highest BCUT2D eigenvalue weighted by atomic mass is 32.2. The molecule has 0 fully saturated rings. The number of nitriles is 1. The molecular weight excluding hydrogens is 242 g/mol. The summed E-state index contributed by atoms with van der Waals surface area (Å²) in [4.78, 5) is 11.8. The fourth-order valence-corrected chi connectivity index (χ4v) is 2.57. The maximum Gasteiger partial charge on any atom is 0.151 e. The molecule has 0 spiro atoms. The molecule has 3 heteroatoms. The largest absolute Gasteiger partial charge is 0.298 e. The monoisotopic (exact) mass is 253 g/mol. The van der Waals surface area contributed by atoms with E-state index in [0.717, 1.165) is 16.9 Å². The predicted molar refractivity (Wildman–Crippen MR) is 72.5 cm³/mol. The van der Waals surface area contributed by atoms with Crippen LogP contribution in [0.4, 0.5) is 0 Å². The molecule has 0 aliphatic carbocycles. The summed E-state index contributed by atoms with van der Waals surface area (Å²) in [7, 11) is 0. The van der Waals surface area contributed by atoms with Gasteiger partial charge in [-0.3, -0.25) is 4.79 Å². The van der Waals surface area contributed by atoms with Crippen molar-refractivity contribution in [3.63, 3.8) is 0 Å². The number of hydrogen-bond acceptors (Lipinski definition) is 3. The Morgan fingerprint density at radius 2 is 1.94 bits per heavy atom. The van der Waals surface area contributed by atoms with Crippen LogP contribution in [0.1, 0.15) is 21.5 Å². The first-order valence-electron chi connectivity index (χ1n) is 5.49. The minimum absolute atomic E-state index is 0.580. The zero-order valence-electron chi connectivity index (χ0n) is 9.67. The molecule has 0 bridgehead atoms. The average molecular weight is 253 g/mol. The smallest absolute Gasteiger partial charge is 0.151 e. The maximum absolute atomic E-state index is 10.9. The summed E-state index contributed by atoms with van der Waals surface area (Å²) in [6.07, 6.45) is 0.828. The second kappa shape index (κ2) is 6.04. The summed E-state index contributed by atoms with van der Waals surface area (Å²) in [5, 5.41) is 8.86. The Balaban J connectivity index is 2.18. The first-order chi connectivity index (χ1) is 8.83. The molecule has 0 atom stereocenters. The Kier molecular flexibility index (Phi) is 4.16. The summed E-state index contributed by atoms with van der Waals surface area (Å²) in [6, 6.07) is 17.2. The molecule has 0 heterocycles. The van der Waals surface area contributed by atoms with E-state index in [4.69, 9.17) is 5.26 Å². The van der Waals surface area contributed by atoms with Gasteiger partial charge in [-0.15, -0.1) is 11.8 Å². The van der Waals surface area contributed by atoms with Crippen molar-refractivity contribution in [3.8, 4) is 6.07 Å². The van der Waals surface area contributed by atoms with Gasteiger partial charge in [0.2, 0.25) is 0 Å². The molecule has 0 aliphatic rings. The second-order valence-corrected chi connectivity index (χ2v) is 4.77. The van der Waals surface area contributed by atoms with Crippen molar-refractivity contribution in [2.45, 2.75) is 10.6 Å². The van der Waals surface area contributed by atoms with Crippen LogP contribution in [0.5, 0.6) is 0 Å². The number of benzene rings is 2. The first-order valence-corrected chi connectivity index (χ1v) is 6.48. The summed E-state index contributed by atoms with van der Waals surface area (Å²) in [5.74, 6) is 0.788. The lowest BCUT2D eigenvalue weighted by atomic mass is 10.2. The molecule has 18 heavy (non-hydrogen) atoms. The SMILES string of the molecule is N#Cc1ccc(C=O)c(SCc2ccccc2)c1. The average Bonchev–Trinajstić information content (AvgIpc) is 2.45. The van der Waals surface area contributed by atoms with Crippen molar-refractivity contribution < 1.29 is 4.79 Å². The van der Waals surface area contributed by atoms with E-state index < -0.39 is 0 Å². The molecule has 2 aromatic carbocycles. The number of thioether (sulfide) groups is 1. The van der Waals surface area contributed by atoms with Gasteiger partial charge in [0.25, 0.3) is 0 Å². The molecule has 0 aliphatic heterocycles. The molecule has 0 amide bonds. The van der Waals surface area contributed by atoms with Gasteiger partial charge >= 0.3 is 0 Å². The Morgan fingerprint density at radius 1 is 1.17 bits per heavy atom. The number of nitrogens with zero attached hydrogens (tertiary/aromatic N) is 1. The standard InChI is InChI=1S/C15H11NOS/c16-9-13-6-7-14(10-17)15(8-13)18-11-12-4-2-1-3-5-12/h1-8,10H,11H2. The second-order valence-electron chi connectivity index (χ2n) is 3.76. The highest BCUT2D eigenvalue weighted by Crippen LogP contribution is 2.26. The number of carbonyl (C=O) groups is 1. The van der Waals surface area contributed by atoms with Crippen LogP contribution in [0.15, 0.2) is 53.4 Å². The van der Waals surface area contributed by atoms with Gasteiger partial charge in [-0.05, 0) is 23.8 Å². The van der Waals surface area contributed by atoms with Crippen molar-refractivity contribution in [1.29, 1.82) is 5.26 Å².